The van der Waals surface area contributed by atoms with Gasteiger partial charge in [0.25, 0.3) is 5.56 Å². The molecule has 0 fully saturated rings. The molecule has 1 heterocycles. The van der Waals surface area contributed by atoms with Crippen LogP contribution in [0, 0.1) is 5.82 Å². The van der Waals surface area contributed by atoms with Crippen molar-refractivity contribution in [2.75, 3.05) is 0 Å². The zero-order valence-corrected chi connectivity index (χ0v) is 10.3. The summed E-state index contributed by atoms with van der Waals surface area (Å²) in [6.45, 7) is 3.94. The van der Waals surface area contributed by atoms with Gasteiger partial charge < -0.3 is 0 Å². The van der Waals surface area contributed by atoms with Crippen molar-refractivity contribution in [2.45, 2.75) is 19.8 Å². The van der Waals surface area contributed by atoms with Gasteiger partial charge in [-0.3, -0.25) is 9.89 Å². The molecule has 2 aromatic rings. The highest BCUT2D eigenvalue weighted by Crippen LogP contribution is 2.18. The number of nitrogens with one attached hydrogen (secondary N) is 1. The molecule has 0 aliphatic rings. The summed E-state index contributed by atoms with van der Waals surface area (Å²) in [7, 11) is 0. The van der Waals surface area contributed by atoms with E-state index in [0.29, 0.717) is 5.69 Å². The van der Waals surface area contributed by atoms with E-state index in [2.05, 4.69) is 5.10 Å². The second kappa shape index (κ2) is 4.37. The second-order valence-electron chi connectivity index (χ2n) is 4.14. The summed E-state index contributed by atoms with van der Waals surface area (Å²) in [5.74, 6) is -0.335. The van der Waals surface area contributed by atoms with E-state index in [-0.39, 0.29) is 16.5 Å². The summed E-state index contributed by atoms with van der Waals surface area (Å²) in [6, 6.07) is 5.75. The maximum Gasteiger partial charge on any atom is 0.271 e. The molecular formula is C12H12ClFN2O. The fourth-order valence-electron chi connectivity index (χ4n) is 1.53. The molecule has 17 heavy (non-hydrogen) atoms. The van der Waals surface area contributed by atoms with Gasteiger partial charge in [-0.1, -0.05) is 25.4 Å². The normalized spacial score (nSPS) is 11.1. The van der Waals surface area contributed by atoms with E-state index in [4.69, 9.17) is 11.6 Å². The predicted molar refractivity (Wildman–Crippen MR) is 65.4 cm³/mol. The number of benzene rings is 1. The molecule has 3 nitrogen and oxygen atoms in total. The number of H-pyrrole nitrogens is 1. The quantitative estimate of drug-likeness (QED) is 0.879. The molecule has 0 aliphatic heterocycles. The van der Waals surface area contributed by atoms with Crippen LogP contribution in [0.4, 0.5) is 4.39 Å². The van der Waals surface area contributed by atoms with Crippen molar-refractivity contribution in [1.29, 1.82) is 0 Å². The van der Waals surface area contributed by atoms with Crippen LogP contribution in [-0.4, -0.2) is 9.78 Å². The Labute approximate surface area is 103 Å². The van der Waals surface area contributed by atoms with Crippen LogP contribution in [0.25, 0.3) is 5.69 Å². The summed E-state index contributed by atoms with van der Waals surface area (Å²) in [6.07, 6.45) is 0. The van der Waals surface area contributed by atoms with E-state index in [1.165, 1.54) is 22.9 Å². The maximum atomic E-state index is 13.3. The third-order valence-corrected chi connectivity index (χ3v) is 2.83. The highest BCUT2D eigenvalue weighted by Gasteiger charge is 2.09. The molecule has 1 N–H and O–H groups in total. The number of nitrogens with zero attached hydrogens (tertiary/aromatic N) is 1. The topological polar surface area (TPSA) is 37.8 Å². The first-order valence-electron chi connectivity index (χ1n) is 5.26. The van der Waals surface area contributed by atoms with Gasteiger partial charge in [-0.15, -0.1) is 0 Å². The summed E-state index contributed by atoms with van der Waals surface area (Å²) in [5, 5.41) is 2.98. The largest absolute Gasteiger partial charge is 0.295 e. The molecule has 5 heteroatoms. The van der Waals surface area contributed by atoms with Crippen molar-refractivity contribution in [3.8, 4) is 5.69 Å². The van der Waals surface area contributed by atoms with Gasteiger partial charge in [0.1, 0.15) is 5.82 Å². The average Bonchev–Trinajstić information content (AvgIpc) is 2.65. The zero-order chi connectivity index (χ0) is 12.6. The lowest BCUT2D eigenvalue weighted by atomic mass is 10.1. The van der Waals surface area contributed by atoms with E-state index >= 15 is 0 Å². The standard InChI is InChI=1S/C12H12ClFN2O/c1-7(2)11-6-12(17)16(15-11)8-3-4-9(13)10(14)5-8/h3-7,15H,1-2H3. The summed E-state index contributed by atoms with van der Waals surface area (Å²) in [4.78, 5) is 11.7. The molecular weight excluding hydrogens is 243 g/mol. The maximum absolute atomic E-state index is 13.3. The number of rotatable bonds is 2. The Morgan fingerprint density at radius 1 is 1.35 bits per heavy atom. The molecule has 1 aromatic carbocycles. The first-order chi connectivity index (χ1) is 7.99. The van der Waals surface area contributed by atoms with E-state index < -0.39 is 5.82 Å². The minimum absolute atomic E-state index is 0.0393. The van der Waals surface area contributed by atoms with E-state index in [1.807, 2.05) is 13.8 Å². The third kappa shape index (κ3) is 2.26. The van der Waals surface area contributed by atoms with E-state index in [9.17, 15) is 9.18 Å². The van der Waals surface area contributed by atoms with Crippen molar-refractivity contribution in [3.63, 3.8) is 0 Å². The van der Waals surface area contributed by atoms with Crippen molar-refractivity contribution in [2.24, 2.45) is 0 Å². The highest BCUT2D eigenvalue weighted by atomic mass is 35.5. The van der Waals surface area contributed by atoms with Crippen LogP contribution >= 0.6 is 11.6 Å². The third-order valence-electron chi connectivity index (χ3n) is 2.52. The van der Waals surface area contributed by atoms with Gasteiger partial charge in [0.05, 0.1) is 10.7 Å². The Morgan fingerprint density at radius 3 is 2.59 bits per heavy atom. The van der Waals surface area contributed by atoms with Crippen LogP contribution in [0.2, 0.25) is 5.02 Å². The van der Waals surface area contributed by atoms with Crippen LogP contribution in [0.3, 0.4) is 0 Å². The Morgan fingerprint density at radius 2 is 2.06 bits per heavy atom. The molecule has 0 bridgehead atoms. The lowest BCUT2D eigenvalue weighted by Gasteiger charge is -2.04. The summed E-state index contributed by atoms with van der Waals surface area (Å²) in [5.41, 5.74) is 1.03. The SMILES string of the molecule is CC(C)c1cc(=O)n(-c2ccc(Cl)c(F)c2)[nH]1. The van der Waals surface area contributed by atoms with Gasteiger partial charge in [-0.05, 0) is 18.1 Å². The van der Waals surface area contributed by atoms with Crippen LogP contribution in [0.5, 0.6) is 0 Å². The summed E-state index contributed by atoms with van der Waals surface area (Å²) >= 11 is 5.59. The number of hydrogen-bond acceptors (Lipinski definition) is 1. The van der Waals surface area contributed by atoms with Gasteiger partial charge >= 0.3 is 0 Å². The lowest BCUT2D eigenvalue weighted by Crippen LogP contribution is -2.13. The molecule has 1 aromatic heterocycles. The monoisotopic (exact) mass is 254 g/mol. The number of halogens is 2. The van der Waals surface area contributed by atoms with Gasteiger partial charge in [0.2, 0.25) is 0 Å². The predicted octanol–water partition coefficient (Wildman–Crippen LogP) is 3.08. The molecule has 0 radical (unpaired) electrons. The van der Waals surface area contributed by atoms with Crippen molar-refractivity contribution < 1.29 is 4.39 Å². The second-order valence-corrected chi connectivity index (χ2v) is 4.55. The van der Waals surface area contributed by atoms with Crippen molar-refractivity contribution in [3.05, 3.63) is 51.2 Å². The number of aromatic nitrogens is 2. The smallest absolute Gasteiger partial charge is 0.271 e. The minimum atomic E-state index is -0.545. The Hall–Kier alpha value is -1.55. The van der Waals surface area contributed by atoms with Gasteiger partial charge in [0.15, 0.2) is 0 Å². The number of hydrogen-bond donors (Lipinski definition) is 1. The molecule has 90 valence electrons. The first kappa shape index (κ1) is 11.9. The fraction of sp³-hybridized carbons (Fsp3) is 0.250. The molecule has 0 spiro atoms. The zero-order valence-electron chi connectivity index (χ0n) is 9.50. The van der Waals surface area contributed by atoms with Crippen molar-refractivity contribution in [1.82, 2.24) is 9.78 Å². The fourth-order valence-corrected chi connectivity index (χ4v) is 1.64. The Balaban J connectivity index is 2.53. The van der Waals surface area contributed by atoms with Crippen LogP contribution in [-0.2, 0) is 0 Å². The first-order valence-corrected chi connectivity index (χ1v) is 5.64. The molecule has 0 atom stereocenters. The molecule has 0 saturated carbocycles. The molecule has 0 aliphatic carbocycles. The lowest BCUT2D eigenvalue weighted by molar-refractivity contribution is 0.625. The van der Waals surface area contributed by atoms with E-state index in [0.717, 1.165) is 5.69 Å². The molecule has 0 amide bonds. The Kier molecular flexibility index (Phi) is 3.07. The minimum Gasteiger partial charge on any atom is -0.295 e. The number of aromatic amines is 1. The molecule has 2 rings (SSSR count). The van der Waals surface area contributed by atoms with Crippen molar-refractivity contribution >= 4 is 11.6 Å². The Bertz CT molecular complexity index is 601. The highest BCUT2D eigenvalue weighted by molar-refractivity contribution is 6.30. The van der Waals surface area contributed by atoms with Gasteiger partial charge in [0, 0.05) is 17.8 Å². The summed E-state index contributed by atoms with van der Waals surface area (Å²) < 4.78 is 14.6. The van der Waals surface area contributed by atoms with Crippen LogP contribution < -0.4 is 5.56 Å². The van der Waals surface area contributed by atoms with Crippen LogP contribution in [0.15, 0.2) is 29.1 Å². The molecule has 0 saturated heterocycles. The molecule has 0 unspecified atom stereocenters. The average molecular weight is 255 g/mol. The van der Waals surface area contributed by atoms with Gasteiger partial charge in [-0.25, -0.2) is 9.07 Å². The van der Waals surface area contributed by atoms with Crippen LogP contribution in [0.1, 0.15) is 25.5 Å². The van der Waals surface area contributed by atoms with E-state index in [1.54, 1.807) is 6.07 Å². The van der Waals surface area contributed by atoms with Gasteiger partial charge in [-0.2, -0.15) is 0 Å².